The molecular formula is C25H43N3O2Si. The van der Waals surface area contributed by atoms with Crippen molar-refractivity contribution in [1.29, 1.82) is 0 Å². The van der Waals surface area contributed by atoms with E-state index in [0.29, 0.717) is 16.6 Å². The maximum Gasteiger partial charge on any atom is 0.412 e. The van der Waals surface area contributed by atoms with Gasteiger partial charge in [0.1, 0.15) is 5.60 Å². The number of nitrogens with one attached hydrogen (secondary N) is 1. The Morgan fingerprint density at radius 2 is 1.61 bits per heavy atom. The summed E-state index contributed by atoms with van der Waals surface area (Å²) < 4.78 is 8.17. The summed E-state index contributed by atoms with van der Waals surface area (Å²) in [5.74, 6) is 0. The highest BCUT2D eigenvalue weighted by Crippen LogP contribution is 2.45. The maximum atomic E-state index is 12.6. The quantitative estimate of drug-likeness (QED) is 0.463. The topological polar surface area (TPSA) is 46.5 Å². The third-order valence-corrected chi connectivity index (χ3v) is 13.0. The lowest BCUT2D eigenvalue weighted by atomic mass is 10.1. The van der Waals surface area contributed by atoms with Gasteiger partial charge in [0.15, 0.2) is 8.24 Å². The first-order chi connectivity index (χ1) is 14.2. The van der Waals surface area contributed by atoms with Crippen molar-refractivity contribution in [1.82, 2.24) is 9.13 Å². The molecule has 6 heteroatoms. The highest BCUT2D eigenvalue weighted by Gasteiger charge is 2.46. The molecule has 0 spiro atoms. The van der Waals surface area contributed by atoms with E-state index in [4.69, 9.17) is 4.74 Å². The molecule has 0 saturated carbocycles. The predicted molar refractivity (Wildman–Crippen MR) is 136 cm³/mol. The number of amides is 1. The van der Waals surface area contributed by atoms with Gasteiger partial charge in [-0.2, -0.15) is 0 Å². The third-order valence-electron chi connectivity index (χ3n) is 6.22. The van der Waals surface area contributed by atoms with Crippen molar-refractivity contribution in [3.63, 3.8) is 0 Å². The normalized spacial score (nSPS) is 13.1. The van der Waals surface area contributed by atoms with Crippen molar-refractivity contribution >= 4 is 30.9 Å². The van der Waals surface area contributed by atoms with Crippen LogP contribution in [0.5, 0.6) is 0 Å². The van der Waals surface area contributed by atoms with Crippen LogP contribution in [0, 0.1) is 0 Å². The average Bonchev–Trinajstić information content (AvgIpc) is 2.91. The number of carbonyl (C=O) groups excluding carboxylic acids is 1. The van der Waals surface area contributed by atoms with Gasteiger partial charge in [0.25, 0.3) is 0 Å². The molecule has 5 nitrogen and oxygen atoms in total. The molecule has 1 N–H and O–H groups in total. The van der Waals surface area contributed by atoms with Gasteiger partial charge in [-0.3, -0.25) is 5.32 Å². The minimum atomic E-state index is -1.95. The van der Waals surface area contributed by atoms with Gasteiger partial charge in [0, 0.05) is 23.6 Å². The van der Waals surface area contributed by atoms with E-state index in [1.807, 2.05) is 32.9 Å². The zero-order valence-corrected chi connectivity index (χ0v) is 22.5. The molecule has 0 bridgehead atoms. The second kappa shape index (κ2) is 9.37. The molecule has 174 valence electrons. The van der Waals surface area contributed by atoms with Crippen molar-refractivity contribution < 1.29 is 9.53 Å². The zero-order valence-electron chi connectivity index (χ0n) is 21.5. The molecule has 1 aromatic heterocycles. The molecule has 0 saturated heterocycles. The molecule has 0 aliphatic carbocycles. The van der Waals surface area contributed by atoms with Crippen LogP contribution >= 0.6 is 0 Å². The zero-order chi connectivity index (χ0) is 23.7. The van der Waals surface area contributed by atoms with E-state index < -0.39 is 19.9 Å². The minimum Gasteiger partial charge on any atom is -0.444 e. The van der Waals surface area contributed by atoms with Gasteiger partial charge in [-0.1, -0.05) is 47.6 Å². The molecule has 0 atom stereocenters. The van der Waals surface area contributed by atoms with Crippen LogP contribution < -0.4 is 5.32 Å². The highest BCUT2D eigenvalue weighted by molar-refractivity contribution is 6.82. The lowest BCUT2D eigenvalue weighted by Crippen LogP contribution is -2.51. The van der Waals surface area contributed by atoms with Crippen LogP contribution in [0.3, 0.4) is 0 Å². The SMILES string of the molecule is CC(C)[Si](C(C)C)(C(C)C)n1cc(CN(C)C)c2c(NC(=O)OC(C)(C)C)cccc21. The van der Waals surface area contributed by atoms with Crippen molar-refractivity contribution in [3.05, 3.63) is 30.0 Å². The lowest BCUT2D eigenvalue weighted by Gasteiger charge is -2.44. The Balaban J connectivity index is 2.77. The molecule has 0 fully saturated rings. The predicted octanol–water partition coefficient (Wildman–Crippen LogP) is 7.07. The van der Waals surface area contributed by atoms with Gasteiger partial charge >= 0.3 is 6.09 Å². The lowest BCUT2D eigenvalue weighted by molar-refractivity contribution is 0.0636. The first kappa shape index (κ1) is 25.5. The summed E-state index contributed by atoms with van der Waals surface area (Å²) in [6, 6.07) is 6.24. The Morgan fingerprint density at radius 3 is 2.06 bits per heavy atom. The van der Waals surface area contributed by atoms with E-state index >= 15 is 0 Å². The summed E-state index contributed by atoms with van der Waals surface area (Å²) in [5, 5.41) is 4.16. The Bertz CT molecular complexity index is 886. The largest absolute Gasteiger partial charge is 0.444 e. The number of hydrogen-bond donors (Lipinski definition) is 1. The van der Waals surface area contributed by atoms with E-state index in [2.05, 4.69) is 82.4 Å². The van der Waals surface area contributed by atoms with Gasteiger partial charge < -0.3 is 13.9 Å². The van der Waals surface area contributed by atoms with Crippen LogP contribution in [-0.4, -0.2) is 43.2 Å². The van der Waals surface area contributed by atoms with E-state index in [0.717, 1.165) is 17.6 Å². The van der Waals surface area contributed by atoms with Crippen LogP contribution in [-0.2, 0) is 11.3 Å². The van der Waals surface area contributed by atoms with Crippen LogP contribution in [0.2, 0.25) is 16.6 Å². The summed E-state index contributed by atoms with van der Waals surface area (Å²) in [6.07, 6.45) is 1.96. The smallest absolute Gasteiger partial charge is 0.412 e. The summed E-state index contributed by atoms with van der Waals surface area (Å²) in [6.45, 7) is 20.8. The van der Waals surface area contributed by atoms with Gasteiger partial charge in [0.2, 0.25) is 0 Å². The minimum absolute atomic E-state index is 0.413. The molecular weight excluding hydrogens is 402 g/mol. The fourth-order valence-corrected chi connectivity index (χ4v) is 12.2. The summed E-state index contributed by atoms with van der Waals surface area (Å²) in [4.78, 5) is 14.8. The first-order valence-corrected chi connectivity index (χ1v) is 13.7. The number of carbonyl (C=O) groups is 1. The van der Waals surface area contributed by atoms with E-state index in [1.165, 1.54) is 11.1 Å². The molecule has 2 rings (SSSR count). The molecule has 1 aromatic carbocycles. The number of hydrogen-bond acceptors (Lipinski definition) is 3. The molecule has 2 aromatic rings. The Hall–Kier alpha value is -1.79. The molecule has 0 radical (unpaired) electrons. The molecule has 0 aliphatic heterocycles. The molecule has 1 amide bonds. The summed E-state index contributed by atoms with van der Waals surface area (Å²) in [7, 11) is 2.23. The second-order valence-corrected chi connectivity index (χ2v) is 16.7. The van der Waals surface area contributed by atoms with Crippen LogP contribution in [0.4, 0.5) is 10.5 Å². The van der Waals surface area contributed by atoms with Gasteiger partial charge in [-0.25, -0.2) is 4.79 Å². The van der Waals surface area contributed by atoms with E-state index in [1.54, 1.807) is 0 Å². The van der Waals surface area contributed by atoms with Crippen LogP contribution in [0.15, 0.2) is 24.4 Å². The van der Waals surface area contributed by atoms with Gasteiger partial charge in [0.05, 0.1) is 5.69 Å². The number of aromatic nitrogens is 1. The van der Waals surface area contributed by atoms with Gasteiger partial charge in [-0.15, -0.1) is 0 Å². The van der Waals surface area contributed by atoms with Crippen molar-refractivity contribution in [3.8, 4) is 0 Å². The summed E-state index contributed by atoms with van der Waals surface area (Å²) >= 11 is 0. The van der Waals surface area contributed by atoms with Gasteiger partial charge in [-0.05, 0) is 69.2 Å². The van der Waals surface area contributed by atoms with Crippen LogP contribution in [0.25, 0.3) is 10.9 Å². The fraction of sp³-hybridized carbons (Fsp3) is 0.640. The van der Waals surface area contributed by atoms with Crippen LogP contribution in [0.1, 0.15) is 67.9 Å². The first-order valence-electron chi connectivity index (χ1n) is 11.5. The Morgan fingerprint density at radius 1 is 1.06 bits per heavy atom. The Kier molecular flexibility index (Phi) is 7.70. The standard InChI is InChI=1S/C25H43N3O2Si/c1-17(2)31(18(3)4,19(5)6)28-16-20(15-27(10)11)23-21(13-12-14-22(23)28)26-24(29)30-25(7,8)9/h12-14,16-19H,15H2,1-11H3,(H,26,29). The monoisotopic (exact) mass is 445 g/mol. The third kappa shape index (κ3) is 5.17. The molecule has 0 aliphatic rings. The number of nitrogens with zero attached hydrogens (tertiary/aromatic N) is 2. The van der Waals surface area contributed by atoms with Crippen molar-refractivity contribution in [2.45, 2.75) is 91.1 Å². The number of anilines is 1. The number of rotatable bonds is 7. The molecule has 1 heterocycles. The van der Waals surface area contributed by atoms with Crippen molar-refractivity contribution in [2.75, 3.05) is 19.4 Å². The number of ether oxygens (including phenoxy) is 1. The van der Waals surface area contributed by atoms with Crippen molar-refractivity contribution in [2.24, 2.45) is 0 Å². The van der Waals surface area contributed by atoms with E-state index in [9.17, 15) is 4.79 Å². The highest BCUT2D eigenvalue weighted by atomic mass is 28.3. The average molecular weight is 446 g/mol. The number of benzene rings is 1. The second-order valence-electron chi connectivity index (χ2n) is 10.9. The molecule has 31 heavy (non-hydrogen) atoms. The fourth-order valence-electron chi connectivity index (χ4n) is 5.50. The van der Waals surface area contributed by atoms with E-state index in [-0.39, 0.29) is 0 Å². The Labute approximate surface area is 190 Å². The maximum absolute atomic E-state index is 12.6. The number of fused-ring (bicyclic) bond motifs is 1. The summed E-state index contributed by atoms with van der Waals surface area (Å²) in [5.41, 5.74) is 4.49. The molecule has 0 unspecified atom stereocenters.